The second kappa shape index (κ2) is 6.79. The van der Waals surface area contributed by atoms with Gasteiger partial charge in [-0.25, -0.2) is 0 Å². The highest BCUT2D eigenvalue weighted by Gasteiger charge is 2.46. The Labute approximate surface area is 150 Å². The number of piperidine rings is 1. The number of nitrogens with zero attached hydrogens (tertiary/aromatic N) is 3. The van der Waals surface area contributed by atoms with Gasteiger partial charge in [0.15, 0.2) is 0 Å². The average Bonchev–Trinajstić information content (AvgIpc) is 2.91. The fourth-order valence-corrected chi connectivity index (χ4v) is 4.37. The lowest BCUT2D eigenvalue weighted by Crippen LogP contribution is -2.44. The zero-order chi connectivity index (χ0) is 18.2. The van der Waals surface area contributed by atoms with Crippen LogP contribution in [0, 0.1) is 5.41 Å². The first-order valence-electron chi connectivity index (χ1n) is 9.09. The van der Waals surface area contributed by atoms with Gasteiger partial charge in [0.05, 0.1) is 6.04 Å². The topological polar surface area (TPSA) is 43.9 Å². The summed E-state index contributed by atoms with van der Waals surface area (Å²) in [5.74, 6) is 0.381. The Kier molecular flexibility index (Phi) is 4.87. The molecule has 1 aromatic carbocycles. The van der Waals surface area contributed by atoms with Crippen LogP contribution in [0.15, 0.2) is 24.3 Å². The first-order valence-corrected chi connectivity index (χ1v) is 9.09. The van der Waals surface area contributed by atoms with Gasteiger partial charge in [-0.15, -0.1) is 0 Å². The number of Topliss-reactive ketones (excluding diaryl/α,β-unsaturated/α-hetero) is 1. The molecule has 2 saturated heterocycles. The highest BCUT2D eigenvalue weighted by molar-refractivity contribution is 5.95. The molecule has 136 valence electrons. The van der Waals surface area contributed by atoms with E-state index in [4.69, 9.17) is 0 Å². The largest absolute Gasteiger partial charge is 0.378 e. The summed E-state index contributed by atoms with van der Waals surface area (Å²) in [5.41, 5.74) is 2.00. The summed E-state index contributed by atoms with van der Waals surface area (Å²) in [6, 6.07) is 7.87. The van der Waals surface area contributed by atoms with E-state index in [1.54, 1.807) is 6.92 Å². The molecule has 1 amide bonds. The van der Waals surface area contributed by atoms with Crippen LogP contribution in [-0.4, -0.2) is 68.3 Å². The van der Waals surface area contributed by atoms with Crippen molar-refractivity contribution < 1.29 is 9.59 Å². The molecule has 1 atom stereocenters. The van der Waals surface area contributed by atoms with Gasteiger partial charge in [0, 0.05) is 45.0 Å². The smallest absolute Gasteiger partial charge is 0.253 e. The lowest BCUT2D eigenvalue weighted by atomic mass is 9.76. The van der Waals surface area contributed by atoms with Crippen molar-refractivity contribution in [3.8, 4) is 0 Å². The molecule has 2 heterocycles. The summed E-state index contributed by atoms with van der Waals surface area (Å²) in [6.45, 7) is 4.22. The number of likely N-dealkylation sites (tertiary alicyclic amines) is 2. The van der Waals surface area contributed by atoms with Crippen molar-refractivity contribution in [2.75, 3.05) is 45.7 Å². The minimum Gasteiger partial charge on any atom is -0.378 e. The summed E-state index contributed by atoms with van der Waals surface area (Å²) < 4.78 is 0. The number of hydrogen-bond acceptors (Lipinski definition) is 4. The Bertz CT molecular complexity index is 663. The summed E-state index contributed by atoms with van der Waals surface area (Å²) in [6.07, 6.45) is 2.91. The van der Waals surface area contributed by atoms with Gasteiger partial charge in [-0.2, -0.15) is 0 Å². The van der Waals surface area contributed by atoms with Gasteiger partial charge in [0.2, 0.25) is 0 Å². The Hall–Kier alpha value is -1.88. The third-order valence-corrected chi connectivity index (χ3v) is 5.93. The van der Waals surface area contributed by atoms with Gasteiger partial charge in [-0.1, -0.05) is 6.07 Å². The monoisotopic (exact) mass is 343 g/mol. The normalized spacial score (nSPS) is 23.0. The second-order valence-electron chi connectivity index (χ2n) is 7.98. The van der Waals surface area contributed by atoms with Crippen LogP contribution in [0.4, 0.5) is 5.69 Å². The zero-order valence-electron chi connectivity index (χ0n) is 15.8. The molecule has 2 aliphatic rings. The maximum Gasteiger partial charge on any atom is 0.253 e. The van der Waals surface area contributed by atoms with Gasteiger partial charge in [-0.3, -0.25) is 14.5 Å². The molecular formula is C20H29N3O2. The molecule has 2 fully saturated rings. The second-order valence-corrected chi connectivity index (χ2v) is 7.98. The molecule has 0 bridgehead atoms. The zero-order valence-corrected chi connectivity index (χ0v) is 15.8. The predicted molar refractivity (Wildman–Crippen MR) is 100 cm³/mol. The highest BCUT2D eigenvalue weighted by Crippen LogP contribution is 2.43. The summed E-state index contributed by atoms with van der Waals surface area (Å²) in [4.78, 5) is 30.9. The summed E-state index contributed by atoms with van der Waals surface area (Å²) in [5, 5.41) is 0. The van der Waals surface area contributed by atoms with Crippen LogP contribution in [0.25, 0.3) is 0 Å². The van der Waals surface area contributed by atoms with Crippen LogP contribution in [0.5, 0.6) is 0 Å². The van der Waals surface area contributed by atoms with Crippen molar-refractivity contribution in [1.82, 2.24) is 9.80 Å². The molecule has 3 rings (SSSR count). The van der Waals surface area contributed by atoms with Crippen molar-refractivity contribution in [2.45, 2.75) is 32.2 Å². The highest BCUT2D eigenvalue weighted by atomic mass is 16.2. The molecule has 0 aliphatic carbocycles. The summed E-state index contributed by atoms with van der Waals surface area (Å²) >= 11 is 0. The van der Waals surface area contributed by atoms with Crippen LogP contribution in [-0.2, 0) is 4.79 Å². The van der Waals surface area contributed by atoms with E-state index >= 15 is 0 Å². The van der Waals surface area contributed by atoms with Crippen molar-refractivity contribution in [3.63, 3.8) is 0 Å². The fraction of sp³-hybridized carbons (Fsp3) is 0.600. The number of hydrogen-bond donors (Lipinski definition) is 0. The average molecular weight is 343 g/mol. The Balaban J connectivity index is 1.66. The Morgan fingerprint density at radius 1 is 1.20 bits per heavy atom. The predicted octanol–water partition coefficient (Wildman–Crippen LogP) is 2.27. The molecule has 0 saturated carbocycles. The van der Waals surface area contributed by atoms with Crippen molar-refractivity contribution in [2.24, 2.45) is 5.41 Å². The molecule has 5 nitrogen and oxygen atoms in total. The third-order valence-electron chi connectivity index (χ3n) is 5.93. The quantitative estimate of drug-likeness (QED) is 0.844. The number of carbonyl (C=O) groups is 2. The minimum absolute atomic E-state index is 0.0547. The van der Waals surface area contributed by atoms with Gasteiger partial charge in [0.25, 0.3) is 5.91 Å². The SMILES string of the molecule is CC(=O)C1CC2(CCN(C(=O)c3cccc(N(C)C)c3)CC2)CN1C. The maximum absolute atomic E-state index is 12.9. The van der Waals surface area contributed by atoms with Gasteiger partial charge < -0.3 is 9.80 Å². The van der Waals surface area contributed by atoms with E-state index in [1.165, 1.54) is 0 Å². The lowest BCUT2D eigenvalue weighted by Gasteiger charge is -2.39. The van der Waals surface area contributed by atoms with E-state index in [1.807, 2.05) is 55.2 Å². The number of ketones is 1. The van der Waals surface area contributed by atoms with Crippen molar-refractivity contribution in [3.05, 3.63) is 29.8 Å². The van der Waals surface area contributed by atoms with E-state index in [0.29, 0.717) is 0 Å². The molecule has 5 heteroatoms. The lowest BCUT2D eigenvalue weighted by molar-refractivity contribution is -0.120. The fourth-order valence-electron chi connectivity index (χ4n) is 4.37. The van der Waals surface area contributed by atoms with Crippen LogP contribution in [0.3, 0.4) is 0 Å². The number of anilines is 1. The number of amides is 1. The Morgan fingerprint density at radius 3 is 2.44 bits per heavy atom. The third kappa shape index (κ3) is 3.56. The Morgan fingerprint density at radius 2 is 1.88 bits per heavy atom. The minimum atomic E-state index is 0.0547. The molecule has 2 aliphatic heterocycles. The number of rotatable bonds is 3. The summed E-state index contributed by atoms with van der Waals surface area (Å²) in [7, 11) is 6.01. The van der Waals surface area contributed by atoms with Crippen LogP contribution in [0.1, 0.15) is 36.5 Å². The molecular weight excluding hydrogens is 314 g/mol. The van der Waals surface area contributed by atoms with Crippen LogP contribution in [0.2, 0.25) is 0 Å². The van der Waals surface area contributed by atoms with Crippen molar-refractivity contribution >= 4 is 17.4 Å². The van der Waals surface area contributed by atoms with E-state index in [2.05, 4.69) is 4.90 Å². The van der Waals surface area contributed by atoms with E-state index < -0.39 is 0 Å². The first kappa shape index (κ1) is 17.9. The molecule has 0 radical (unpaired) electrons. The van der Waals surface area contributed by atoms with Crippen molar-refractivity contribution in [1.29, 1.82) is 0 Å². The molecule has 0 aromatic heterocycles. The number of benzene rings is 1. The van der Waals surface area contributed by atoms with E-state index in [9.17, 15) is 9.59 Å². The number of likely N-dealkylation sites (N-methyl/N-ethyl adjacent to an activating group) is 1. The van der Waals surface area contributed by atoms with E-state index in [0.717, 1.165) is 50.1 Å². The van der Waals surface area contributed by atoms with Gasteiger partial charge in [0.1, 0.15) is 5.78 Å². The van der Waals surface area contributed by atoms with Gasteiger partial charge >= 0.3 is 0 Å². The van der Waals surface area contributed by atoms with Crippen LogP contribution >= 0.6 is 0 Å². The van der Waals surface area contributed by atoms with E-state index in [-0.39, 0.29) is 23.1 Å². The van der Waals surface area contributed by atoms with Crippen LogP contribution < -0.4 is 4.90 Å². The molecule has 1 aromatic rings. The number of carbonyl (C=O) groups excluding carboxylic acids is 2. The molecule has 0 N–H and O–H groups in total. The maximum atomic E-state index is 12.9. The van der Waals surface area contributed by atoms with Gasteiger partial charge in [-0.05, 0) is 56.8 Å². The molecule has 25 heavy (non-hydrogen) atoms. The molecule has 1 unspecified atom stereocenters. The standard InChI is InChI=1S/C20H29N3O2/c1-15(24)18-13-20(14-22(18)4)8-10-23(11-9-20)19(25)16-6-5-7-17(12-16)21(2)3/h5-7,12,18H,8-11,13-14H2,1-4H3. The first-order chi connectivity index (χ1) is 11.8. The molecule has 1 spiro atoms.